The maximum atomic E-state index is 10.9. The zero-order valence-electron chi connectivity index (χ0n) is 16.8. The van der Waals surface area contributed by atoms with Crippen LogP contribution in [-0.2, 0) is 9.47 Å². The molecule has 3 aliphatic rings. The van der Waals surface area contributed by atoms with Crippen LogP contribution in [0.25, 0.3) is 0 Å². The molecule has 4 atom stereocenters. The summed E-state index contributed by atoms with van der Waals surface area (Å²) >= 11 is 0. The monoisotopic (exact) mass is 374 g/mol. The van der Waals surface area contributed by atoms with E-state index in [9.17, 15) is 5.11 Å². The van der Waals surface area contributed by atoms with Crippen LogP contribution >= 0.6 is 0 Å². The molecule has 4 heteroatoms. The number of hydrogen-bond donors (Lipinski definition) is 1. The molecule has 2 saturated carbocycles. The van der Waals surface area contributed by atoms with Crippen molar-refractivity contribution >= 4 is 13.3 Å². The Morgan fingerprint density at radius 2 is 1.77 bits per heavy atom. The quantitative estimate of drug-likeness (QED) is 0.788. The van der Waals surface area contributed by atoms with E-state index in [1.165, 1.54) is 24.4 Å². The van der Waals surface area contributed by atoms with Gasteiger partial charge in [0.2, 0.25) is 0 Å². The predicted molar refractivity (Wildman–Crippen MR) is 107 cm³/mol. The maximum absolute atomic E-state index is 10.9. The molecule has 0 spiro atoms. The Hall–Kier alpha value is -0.683. The van der Waals surface area contributed by atoms with Crippen molar-refractivity contribution < 1.29 is 14.6 Å². The number of ether oxygens (including phenoxy) is 2. The maximum Gasteiger partial charge on any atom is 0.163 e. The van der Waals surface area contributed by atoms with Gasteiger partial charge in [0, 0.05) is 11.8 Å². The lowest BCUT2D eigenvalue weighted by Gasteiger charge is -2.67. The standard InChI is InChI=1S/C22H34O3Si/c1-20(2)24-16-21-12-8-9-13-22(21,25-20)15-17(23)14-19(21)26(3,4)18-10-6-5-7-11-18/h5-7,10-11,17,19,23H,8-9,12-16H2,1-4H3/t17-,19-,21-,22+/m1/s1. The van der Waals surface area contributed by atoms with Crippen molar-refractivity contribution in [1.29, 1.82) is 0 Å². The van der Waals surface area contributed by atoms with Crippen LogP contribution in [0.5, 0.6) is 0 Å². The van der Waals surface area contributed by atoms with Gasteiger partial charge < -0.3 is 14.6 Å². The Morgan fingerprint density at radius 1 is 1.08 bits per heavy atom. The van der Waals surface area contributed by atoms with Gasteiger partial charge in [0.05, 0.1) is 26.4 Å². The molecule has 0 unspecified atom stereocenters. The molecule has 4 rings (SSSR count). The summed E-state index contributed by atoms with van der Waals surface area (Å²) in [6, 6.07) is 11.0. The molecular formula is C22H34O3Si. The van der Waals surface area contributed by atoms with E-state index in [1.54, 1.807) is 0 Å². The van der Waals surface area contributed by atoms with Crippen molar-refractivity contribution in [3.63, 3.8) is 0 Å². The molecule has 1 aromatic carbocycles. The van der Waals surface area contributed by atoms with E-state index < -0.39 is 13.9 Å². The van der Waals surface area contributed by atoms with E-state index in [-0.39, 0.29) is 17.1 Å². The van der Waals surface area contributed by atoms with Gasteiger partial charge >= 0.3 is 0 Å². The van der Waals surface area contributed by atoms with E-state index in [0.717, 1.165) is 25.9 Å². The number of aliphatic hydroxyl groups excluding tert-OH is 1. The first-order chi connectivity index (χ1) is 12.2. The van der Waals surface area contributed by atoms with E-state index in [2.05, 4.69) is 43.4 Å². The second-order valence-electron chi connectivity index (χ2n) is 9.88. The molecule has 26 heavy (non-hydrogen) atoms. The molecule has 1 aliphatic heterocycles. The minimum Gasteiger partial charge on any atom is -0.393 e. The van der Waals surface area contributed by atoms with E-state index in [0.29, 0.717) is 5.54 Å². The zero-order valence-corrected chi connectivity index (χ0v) is 17.8. The van der Waals surface area contributed by atoms with Crippen molar-refractivity contribution in [2.45, 2.75) is 88.5 Å². The van der Waals surface area contributed by atoms with Crippen LogP contribution in [0.4, 0.5) is 0 Å². The average Bonchev–Trinajstić information content (AvgIpc) is 2.59. The Balaban J connectivity index is 1.82. The van der Waals surface area contributed by atoms with Crippen LogP contribution in [0.1, 0.15) is 52.4 Å². The SMILES string of the molecule is CC1(C)OC[C@@]23CCCC[C@@]2(C[C@H](O)C[C@H]3[Si](C)(C)c2ccccc2)O1. The Bertz CT molecular complexity index is 659. The summed E-state index contributed by atoms with van der Waals surface area (Å²) in [5.41, 5.74) is 0.289. The molecular weight excluding hydrogens is 340 g/mol. The lowest BCUT2D eigenvalue weighted by molar-refractivity contribution is -0.381. The highest BCUT2D eigenvalue weighted by Gasteiger charge is 2.67. The van der Waals surface area contributed by atoms with Crippen molar-refractivity contribution in [2.75, 3.05) is 6.61 Å². The van der Waals surface area contributed by atoms with Gasteiger partial charge in [-0.1, -0.05) is 61.5 Å². The first kappa shape index (κ1) is 18.7. The van der Waals surface area contributed by atoms with E-state index in [4.69, 9.17) is 9.47 Å². The number of benzene rings is 1. The lowest BCUT2D eigenvalue weighted by atomic mass is 9.55. The lowest BCUT2D eigenvalue weighted by Crippen LogP contribution is -2.71. The van der Waals surface area contributed by atoms with Gasteiger partial charge in [-0.15, -0.1) is 0 Å². The number of rotatable bonds is 2. The van der Waals surface area contributed by atoms with Gasteiger partial charge in [-0.05, 0) is 38.7 Å². The van der Waals surface area contributed by atoms with Crippen molar-refractivity contribution in [3.05, 3.63) is 30.3 Å². The molecule has 0 bridgehead atoms. The smallest absolute Gasteiger partial charge is 0.163 e. The minimum atomic E-state index is -1.82. The van der Waals surface area contributed by atoms with Gasteiger partial charge in [0.1, 0.15) is 0 Å². The van der Waals surface area contributed by atoms with Crippen molar-refractivity contribution in [2.24, 2.45) is 5.41 Å². The fraction of sp³-hybridized carbons (Fsp3) is 0.727. The third kappa shape index (κ3) is 2.72. The van der Waals surface area contributed by atoms with Gasteiger partial charge in [0.25, 0.3) is 0 Å². The first-order valence-corrected chi connectivity index (χ1v) is 13.4. The average molecular weight is 375 g/mol. The summed E-state index contributed by atoms with van der Waals surface area (Å²) in [6.07, 6.45) is 6.08. The summed E-state index contributed by atoms with van der Waals surface area (Å²) in [5, 5.41) is 12.4. The highest BCUT2D eigenvalue weighted by Crippen LogP contribution is 2.65. The van der Waals surface area contributed by atoms with Crippen LogP contribution in [0.15, 0.2) is 30.3 Å². The van der Waals surface area contributed by atoms with Crippen LogP contribution in [0.3, 0.4) is 0 Å². The predicted octanol–water partition coefficient (Wildman–Crippen LogP) is 4.21. The van der Waals surface area contributed by atoms with Crippen molar-refractivity contribution in [3.8, 4) is 0 Å². The van der Waals surface area contributed by atoms with Gasteiger partial charge in [-0.2, -0.15) is 0 Å². The zero-order chi connectivity index (χ0) is 18.6. The molecule has 0 radical (unpaired) electrons. The Morgan fingerprint density at radius 3 is 2.50 bits per heavy atom. The molecule has 0 amide bonds. The topological polar surface area (TPSA) is 38.7 Å². The van der Waals surface area contributed by atoms with Crippen LogP contribution < -0.4 is 5.19 Å². The summed E-state index contributed by atoms with van der Waals surface area (Å²) in [4.78, 5) is 0. The van der Waals surface area contributed by atoms with Crippen molar-refractivity contribution in [1.82, 2.24) is 0 Å². The van der Waals surface area contributed by atoms with Crippen LogP contribution in [-0.4, -0.2) is 37.3 Å². The fourth-order valence-corrected chi connectivity index (χ4v) is 10.6. The second kappa shape index (κ2) is 6.16. The molecule has 1 N–H and O–H groups in total. The Labute approximate surface area is 159 Å². The minimum absolute atomic E-state index is 0.0472. The summed E-state index contributed by atoms with van der Waals surface area (Å²) in [5.74, 6) is -0.555. The molecule has 1 heterocycles. The van der Waals surface area contributed by atoms with Crippen LogP contribution in [0, 0.1) is 5.41 Å². The molecule has 144 valence electrons. The van der Waals surface area contributed by atoms with Gasteiger partial charge in [-0.25, -0.2) is 0 Å². The highest BCUT2D eigenvalue weighted by molar-refractivity contribution is 6.91. The van der Waals surface area contributed by atoms with E-state index >= 15 is 0 Å². The molecule has 3 fully saturated rings. The first-order valence-electron chi connectivity index (χ1n) is 10.3. The molecule has 3 nitrogen and oxygen atoms in total. The largest absolute Gasteiger partial charge is 0.393 e. The number of aliphatic hydroxyl groups is 1. The second-order valence-corrected chi connectivity index (χ2v) is 14.6. The summed E-state index contributed by atoms with van der Waals surface area (Å²) in [7, 11) is -1.82. The molecule has 0 aromatic heterocycles. The summed E-state index contributed by atoms with van der Waals surface area (Å²) in [6.45, 7) is 9.82. The highest BCUT2D eigenvalue weighted by atomic mass is 28.3. The van der Waals surface area contributed by atoms with Crippen LogP contribution in [0.2, 0.25) is 18.6 Å². The van der Waals surface area contributed by atoms with Gasteiger partial charge in [0.15, 0.2) is 5.79 Å². The third-order valence-electron chi connectivity index (χ3n) is 7.61. The van der Waals surface area contributed by atoms with E-state index in [1.807, 2.05) is 13.8 Å². The van der Waals surface area contributed by atoms with Gasteiger partial charge in [-0.3, -0.25) is 0 Å². The molecule has 2 aliphatic carbocycles. The normalized spacial score (nSPS) is 39.7. The molecule has 1 aromatic rings. The Kier molecular flexibility index (Phi) is 4.43. The fourth-order valence-electron chi connectivity index (χ4n) is 6.44. The third-order valence-corrected chi connectivity index (χ3v) is 12.0. The number of hydrogen-bond acceptors (Lipinski definition) is 3. The molecule has 1 saturated heterocycles. The summed E-state index contributed by atoms with van der Waals surface area (Å²) < 4.78 is 13.0.